The van der Waals surface area contributed by atoms with Crippen LogP contribution < -0.4 is 5.32 Å². The molecule has 0 aliphatic heterocycles. The smallest absolute Gasteiger partial charge is 0.230 e. The molecule has 0 heterocycles. The molecule has 102 valence electrons. The Morgan fingerprint density at radius 2 is 2.05 bits per heavy atom. The number of rotatable bonds is 5. The van der Waals surface area contributed by atoms with E-state index in [0.717, 1.165) is 5.56 Å². The van der Waals surface area contributed by atoms with Crippen molar-refractivity contribution in [3.05, 3.63) is 48.6 Å². The van der Waals surface area contributed by atoms with Gasteiger partial charge in [0.1, 0.15) is 4.33 Å². The molecule has 0 radical (unpaired) electrons. The van der Waals surface area contributed by atoms with Crippen molar-refractivity contribution in [2.45, 2.75) is 30.1 Å². The Morgan fingerprint density at radius 3 is 2.53 bits per heavy atom. The summed E-state index contributed by atoms with van der Waals surface area (Å²) in [7, 11) is 0. The Hall–Kier alpha value is -0.990. The molecule has 4 heteroatoms. The fraction of sp³-hybridized carbons (Fsp3) is 0.400. The maximum Gasteiger partial charge on any atom is 0.230 e. The molecule has 1 saturated carbocycles. The van der Waals surface area contributed by atoms with Crippen LogP contribution in [-0.2, 0) is 4.79 Å². The Morgan fingerprint density at radius 1 is 1.47 bits per heavy atom. The van der Waals surface area contributed by atoms with E-state index in [1.54, 1.807) is 6.08 Å². The normalized spacial score (nSPS) is 25.4. The average molecular weight is 298 g/mol. The van der Waals surface area contributed by atoms with Crippen LogP contribution in [0.5, 0.6) is 0 Å². The second-order valence-electron chi connectivity index (χ2n) is 5.06. The molecule has 0 saturated heterocycles. The van der Waals surface area contributed by atoms with Crippen LogP contribution in [0.3, 0.4) is 0 Å². The van der Waals surface area contributed by atoms with Gasteiger partial charge < -0.3 is 5.32 Å². The molecule has 2 rings (SSSR count). The monoisotopic (exact) mass is 297 g/mol. The first kappa shape index (κ1) is 14.4. The highest BCUT2D eigenvalue weighted by Crippen LogP contribution is 2.66. The van der Waals surface area contributed by atoms with E-state index in [1.165, 1.54) is 0 Å². The predicted octanol–water partition coefficient (Wildman–Crippen LogP) is 4.00. The fourth-order valence-corrected chi connectivity index (χ4v) is 3.08. The van der Waals surface area contributed by atoms with Gasteiger partial charge in [-0.05, 0) is 25.3 Å². The SMILES string of the molecule is C=CCC1(C(=O)N[C@H](C)c2ccccc2)CC1(Cl)Cl. The number of carbonyl (C=O) groups is 1. The van der Waals surface area contributed by atoms with Gasteiger partial charge in [-0.3, -0.25) is 4.79 Å². The third-order valence-electron chi connectivity index (χ3n) is 3.67. The van der Waals surface area contributed by atoms with E-state index < -0.39 is 9.75 Å². The first-order valence-electron chi connectivity index (χ1n) is 6.27. The summed E-state index contributed by atoms with van der Waals surface area (Å²) in [6, 6.07) is 9.73. The van der Waals surface area contributed by atoms with Crippen molar-refractivity contribution in [1.29, 1.82) is 0 Å². The molecule has 1 aromatic rings. The van der Waals surface area contributed by atoms with Gasteiger partial charge in [-0.25, -0.2) is 0 Å². The summed E-state index contributed by atoms with van der Waals surface area (Å²) < 4.78 is -0.971. The van der Waals surface area contributed by atoms with E-state index in [9.17, 15) is 4.79 Å². The van der Waals surface area contributed by atoms with Crippen molar-refractivity contribution in [3.8, 4) is 0 Å². The summed E-state index contributed by atoms with van der Waals surface area (Å²) in [5.74, 6) is -0.103. The van der Waals surface area contributed by atoms with Crippen LogP contribution in [-0.4, -0.2) is 10.2 Å². The summed E-state index contributed by atoms with van der Waals surface area (Å²) >= 11 is 12.2. The first-order valence-corrected chi connectivity index (χ1v) is 7.03. The molecule has 2 nitrogen and oxygen atoms in total. The molecule has 1 unspecified atom stereocenters. The number of halogens is 2. The molecule has 0 bridgehead atoms. The van der Waals surface area contributed by atoms with E-state index in [0.29, 0.717) is 12.8 Å². The zero-order chi connectivity index (χ0) is 14.1. The number of alkyl halides is 2. The largest absolute Gasteiger partial charge is 0.349 e. The lowest BCUT2D eigenvalue weighted by Crippen LogP contribution is -2.36. The van der Waals surface area contributed by atoms with Crippen molar-refractivity contribution >= 4 is 29.1 Å². The van der Waals surface area contributed by atoms with Crippen LogP contribution in [0.15, 0.2) is 43.0 Å². The minimum absolute atomic E-state index is 0.0693. The predicted molar refractivity (Wildman–Crippen MR) is 79.3 cm³/mol. The Bertz CT molecular complexity index is 486. The summed E-state index contributed by atoms with van der Waals surface area (Å²) in [5.41, 5.74) is 0.334. The van der Waals surface area contributed by atoms with Crippen molar-refractivity contribution in [1.82, 2.24) is 5.32 Å². The molecular weight excluding hydrogens is 281 g/mol. The summed E-state index contributed by atoms with van der Waals surface area (Å²) in [4.78, 5) is 12.4. The molecular formula is C15H17Cl2NO. The number of amides is 1. The molecule has 1 aromatic carbocycles. The summed E-state index contributed by atoms with van der Waals surface area (Å²) in [6.07, 6.45) is 2.66. The Labute approximate surface area is 123 Å². The minimum Gasteiger partial charge on any atom is -0.349 e. The van der Waals surface area contributed by atoms with Gasteiger partial charge in [0.2, 0.25) is 5.91 Å². The Balaban J connectivity index is 2.07. The van der Waals surface area contributed by atoms with E-state index >= 15 is 0 Å². The lowest BCUT2D eigenvalue weighted by atomic mass is 10.00. The lowest BCUT2D eigenvalue weighted by molar-refractivity contribution is -0.127. The van der Waals surface area contributed by atoms with Gasteiger partial charge in [0, 0.05) is 0 Å². The van der Waals surface area contributed by atoms with Gasteiger partial charge in [-0.1, -0.05) is 36.4 Å². The second-order valence-corrected chi connectivity index (χ2v) is 6.55. The van der Waals surface area contributed by atoms with Crippen LogP contribution >= 0.6 is 23.2 Å². The van der Waals surface area contributed by atoms with Gasteiger partial charge >= 0.3 is 0 Å². The van der Waals surface area contributed by atoms with E-state index in [1.807, 2.05) is 37.3 Å². The zero-order valence-electron chi connectivity index (χ0n) is 10.8. The molecule has 0 aromatic heterocycles. The third-order valence-corrected chi connectivity index (χ3v) is 4.66. The Kier molecular flexibility index (Phi) is 3.93. The van der Waals surface area contributed by atoms with Crippen LogP contribution in [0.1, 0.15) is 31.4 Å². The van der Waals surface area contributed by atoms with E-state index in [-0.39, 0.29) is 11.9 Å². The van der Waals surface area contributed by atoms with E-state index in [4.69, 9.17) is 23.2 Å². The number of carbonyl (C=O) groups excluding carboxylic acids is 1. The topological polar surface area (TPSA) is 29.1 Å². The fourth-order valence-electron chi connectivity index (χ4n) is 2.30. The van der Waals surface area contributed by atoms with Crippen LogP contribution in [0, 0.1) is 5.41 Å². The van der Waals surface area contributed by atoms with Gasteiger partial charge in [0.25, 0.3) is 0 Å². The molecule has 0 spiro atoms. The van der Waals surface area contributed by atoms with Gasteiger partial charge in [0.05, 0.1) is 11.5 Å². The van der Waals surface area contributed by atoms with Gasteiger partial charge in [0.15, 0.2) is 0 Å². The highest BCUT2D eigenvalue weighted by Gasteiger charge is 2.70. The number of allylic oxidation sites excluding steroid dienone is 1. The number of hydrogen-bond donors (Lipinski definition) is 1. The molecule has 2 atom stereocenters. The maximum atomic E-state index is 12.4. The molecule has 1 fully saturated rings. The summed E-state index contributed by atoms with van der Waals surface area (Å²) in [5, 5.41) is 2.98. The van der Waals surface area contributed by atoms with Gasteiger partial charge in [-0.2, -0.15) is 0 Å². The second kappa shape index (κ2) is 5.18. The standard InChI is InChI=1S/C15H17Cl2NO/c1-3-9-14(10-15(14,16)17)13(19)18-11(2)12-7-5-4-6-8-12/h3-8,11H,1,9-10H2,2H3,(H,18,19)/t11-,14?/m1/s1. The van der Waals surface area contributed by atoms with Crippen molar-refractivity contribution in [2.75, 3.05) is 0 Å². The summed E-state index contributed by atoms with van der Waals surface area (Å²) in [6.45, 7) is 5.62. The highest BCUT2D eigenvalue weighted by molar-refractivity contribution is 6.53. The highest BCUT2D eigenvalue weighted by atomic mass is 35.5. The van der Waals surface area contributed by atoms with E-state index in [2.05, 4.69) is 11.9 Å². The number of benzene rings is 1. The third kappa shape index (κ3) is 2.65. The van der Waals surface area contributed by atoms with Crippen LogP contribution in [0.2, 0.25) is 0 Å². The molecule has 1 N–H and O–H groups in total. The molecule has 1 aliphatic carbocycles. The minimum atomic E-state index is -0.971. The van der Waals surface area contributed by atoms with Crippen molar-refractivity contribution < 1.29 is 4.79 Å². The lowest BCUT2D eigenvalue weighted by Gasteiger charge is -2.20. The molecule has 1 aliphatic rings. The van der Waals surface area contributed by atoms with Crippen molar-refractivity contribution in [3.63, 3.8) is 0 Å². The number of hydrogen-bond acceptors (Lipinski definition) is 1. The number of nitrogens with one attached hydrogen (secondary N) is 1. The van der Waals surface area contributed by atoms with Crippen molar-refractivity contribution in [2.24, 2.45) is 5.41 Å². The molecule has 19 heavy (non-hydrogen) atoms. The zero-order valence-corrected chi connectivity index (χ0v) is 12.3. The maximum absolute atomic E-state index is 12.4. The van der Waals surface area contributed by atoms with Crippen LogP contribution in [0.4, 0.5) is 0 Å². The molecule has 1 amide bonds. The quantitative estimate of drug-likeness (QED) is 0.646. The van der Waals surface area contributed by atoms with Crippen LogP contribution in [0.25, 0.3) is 0 Å². The van der Waals surface area contributed by atoms with Gasteiger partial charge in [-0.15, -0.1) is 29.8 Å². The average Bonchev–Trinajstić information content (AvgIpc) is 2.94. The first-order chi connectivity index (χ1) is 8.93.